The normalized spacial score (nSPS) is 10.5. The molecule has 0 radical (unpaired) electrons. The van der Waals surface area contributed by atoms with E-state index >= 15 is 0 Å². The minimum atomic E-state index is -0.991. The molecule has 0 spiro atoms. The van der Waals surface area contributed by atoms with E-state index in [1.54, 1.807) is 12.1 Å². The van der Waals surface area contributed by atoms with E-state index in [0.717, 1.165) is 6.42 Å². The van der Waals surface area contributed by atoms with E-state index in [1.165, 1.54) is 16.7 Å². The van der Waals surface area contributed by atoms with Crippen molar-refractivity contribution in [1.29, 1.82) is 0 Å². The zero-order valence-corrected chi connectivity index (χ0v) is 9.88. The number of aromatic nitrogens is 3. The summed E-state index contributed by atoms with van der Waals surface area (Å²) >= 11 is 0. The first-order valence-corrected chi connectivity index (χ1v) is 5.63. The maximum atomic E-state index is 11.7. The zero-order valence-electron chi connectivity index (χ0n) is 9.88. The highest BCUT2D eigenvalue weighted by molar-refractivity contribution is 5.87. The number of carbonyl (C=O) groups is 1. The van der Waals surface area contributed by atoms with Crippen LogP contribution >= 0.6 is 0 Å². The highest BCUT2D eigenvalue weighted by Gasteiger charge is 2.10. The monoisotopic (exact) mass is 247 g/mol. The molecule has 2 N–H and O–H groups in total. The molecule has 6 heteroatoms. The van der Waals surface area contributed by atoms with Crippen LogP contribution in [0.4, 0.5) is 0 Å². The summed E-state index contributed by atoms with van der Waals surface area (Å²) in [5.41, 5.74) is 0.482. The molecule has 1 aromatic heterocycles. The molecule has 0 aliphatic carbocycles. The van der Waals surface area contributed by atoms with Crippen LogP contribution in [-0.2, 0) is 6.42 Å². The third kappa shape index (κ3) is 2.17. The number of nitrogens with zero attached hydrogens (tertiary/aromatic N) is 2. The van der Waals surface area contributed by atoms with Crippen molar-refractivity contribution in [2.45, 2.75) is 19.8 Å². The molecule has 0 unspecified atom stereocenters. The number of aromatic carboxylic acids is 1. The van der Waals surface area contributed by atoms with Crippen molar-refractivity contribution in [3.8, 4) is 5.69 Å². The van der Waals surface area contributed by atoms with Gasteiger partial charge in [0, 0.05) is 6.42 Å². The number of hydrogen-bond donors (Lipinski definition) is 2. The summed E-state index contributed by atoms with van der Waals surface area (Å²) in [6, 6.07) is 6.12. The Balaban J connectivity index is 2.45. The minimum absolute atomic E-state index is 0.187. The second-order valence-corrected chi connectivity index (χ2v) is 3.88. The summed E-state index contributed by atoms with van der Waals surface area (Å²) in [5.74, 6) is -0.347. The Labute approximate surface area is 103 Å². The molecule has 94 valence electrons. The van der Waals surface area contributed by atoms with Gasteiger partial charge < -0.3 is 5.11 Å². The molecular formula is C12H13N3O3. The summed E-state index contributed by atoms with van der Waals surface area (Å²) in [4.78, 5) is 22.4. The van der Waals surface area contributed by atoms with Gasteiger partial charge in [-0.05, 0) is 30.7 Å². The Bertz CT molecular complexity index is 610. The molecule has 1 heterocycles. The number of carboxylic acids is 1. The van der Waals surface area contributed by atoms with Crippen molar-refractivity contribution in [3.05, 3.63) is 46.1 Å². The second kappa shape index (κ2) is 4.87. The molecule has 0 bridgehead atoms. The molecule has 18 heavy (non-hydrogen) atoms. The fraction of sp³-hybridized carbons (Fsp3) is 0.250. The molecule has 1 aromatic carbocycles. The van der Waals surface area contributed by atoms with Crippen LogP contribution in [0.1, 0.15) is 29.5 Å². The molecule has 0 aliphatic rings. The smallest absolute Gasteiger partial charge is 0.347 e. The van der Waals surface area contributed by atoms with Gasteiger partial charge in [0.05, 0.1) is 11.3 Å². The van der Waals surface area contributed by atoms with Crippen LogP contribution in [-0.4, -0.2) is 25.8 Å². The van der Waals surface area contributed by atoms with Gasteiger partial charge in [-0.15, -0.1) is 0 Å². The molecule has 0 atom stereocenters. The molecular weight excluding hydrogens is 234 g/mol. The Morgan fingerprint density at radius 1 is 1.39 bits per heavy atom. The maximum Gasteiger partial charge on any atom is 0.347 e. The number of hydrogen-bond acceptors (Lipinski definition) is 3. The van der Waals surface area contributed by atoms with Gasteiger partial charge in [0.15, 0.2) is 0 Å². The zero-order chi connectivity index (χ0) is 13.1. The Morgan fingerprint density at radius 2 is 2.06 bits per heavy atom. The molecule has 0 saturated carbocycles. The lowest BCUT2D eigenvalue weighted by atomic mass is 10.2. The van der Waals surface area contributed by atoms with Crippen LogP contribution < -0.4 is 5.69 Å². The highest BCUT2D eigenvalue weighted by Crippen LogP contribution is 2.10. The van der Waals surface area contributed by atoms with Gasteiger partial charge in [-0.1, -0.05) is 6.92 Å². The quantitative estimate of drug-likeness (QED) is 0.850. The van der Waals surface area contributed by atoms with E-state index in [9.17, 15) is 9.59 Å². The van der Waals surface area contributed by atoms with Gasteiger partial charge >= 0.3 is 11.7 Å². The van der Waals surface area contributed by atoms with Crippen LogP contribution in [0.15, 0.2) is 29.1 Å². The first kappa shape index (κ1) is 12.1. The average Bonchev–Trinajstić information content (AvgIpc) is 2.71. The minimum Gasteiger partial charge on any atom is -0.478 e. The van der Waals surface area contributed by atoms with Crippen molar-refractivity contribution in [2.75, 3.05) is 0 Å². The van der Waals surface area contributed by atoms with Crippen molar-refractivity contribution >= 4 is 5.97 Å². The predicted molar refractivity (Wildman–Crippen MR) is 65.1 cm³/mol. The Morgan fingerprint density at radius 3 is 2.61 bits per heavy atom. The molecule has 6 nitrogen and oxygen atoms in total. The van der Waals surface area contributed by atoms with E-state index < -0.39 is 5.97 Å². The first-order chi connectivity index (χ1) is 8.63. The van der Waals surface area contributed by atoms with E-state index in [1.807, 2.05) is 6.92 Å². The topological polar surface area (TPSA) is 88.0 Å². The molecule has 2 aromatic rings. The number of aromatic amines is 1. The molecule has 0 aliphatic heterocycles. The van der Waals surface area contributed by atoms with Crippen molar-refractivity contribution < 1.29 is 9.90 Å². The summed E-state index contributed by atoms with van der Waals surface area (Å²) in [6.07, 6.45) is 1.55. The summed E-state index contributed by atoms with van der Waals surface area (Å²) in [5, 5.41) is 15.2. The van der Waals surface area contributed by atoms with Gasteiger partial charge in [-0.2, -0.15) is 5.10 Å². The van der Waals surface area contributed by atoms with Crippen LogP contribution in [0.2, 0.25) is 0 Å². The number of aryl methyl sites for hydroxylation is 1. The van der Waals surface area contributed by atoms with E-state index in [0.29, 0.717) is 17.9 Å². The predicted octanol–water partition coefficient (Wildman–Crippen LogP) is 1.21. The number of nitrogens with one attached hydrogen (secondary N) is 1. The lowest BCUT2D eigenvalue weighted by molar-refractivity contribution is 0.0697. The fourth-order valence-electron chi connectivity index (χ4n) is 1.74. The third-order valence-corrected chi connectivity index (χ3v) is 2.59. The van der Waals surface area contributed by atoms with Crippen molar-refractivity contribution in [2.24, 2.45) is 0 Å². The SMILES string of the molecule is CCCc1n[nH]c(=O)n1-c1ccc(C(=O)O)cc1. The average molecular weight is 247 g/mol. The van der Waals surface area contributed by atoms with Crippen LogP contribution in [0.3, 0.4) is 0 Å². The van der Waals surface area contributed by atoms with Crippen LogP contribution in [0.5, 0.6) is 0 Å². The number of H-pyrrole nitrogens is 1. The summed E-state index contributed by atoms with van der Waals surface area (Å²) < 4.78 is 1.45. The van der Waals surface area contributed by atoms with E-state index in [4.69, 9.17) is 5.11 Å². The number of carboxylic acid groups (broad SMARTS) is 1. The molecule has 0 saturated heterocycles. The van der Waals surface area contributed by atoms with Crippen LogP contribution in [0, 0.1) is 0 Å². The number of benzene rings is 1. The van der Waals surface area contributed by atoms with E-state index in [2.05, 4.69) is 10.2 Å². The molecule has 0 fully saturated rings. The van der Waals surface area contributed by atoms with Gasteiger partial charge in [0.1, 0.15) is 5.82 Å². The first-order valence-electron chi connectivity index (χ1n) is 5.63. The van der Waals surface area contributed by atoms with Gasteiger partial charge in [0.25, 0.3) is 0 Å². The van der Waals surface area contributed by atoms with Gasteiger partial charge in [0.2, 0.25) is 0 Å². The highest BCUT2D eigenvalue weighted by atomic mass is 16.4. The summed E-state index contributed by atoms with van der Waals surface area (Å²) in [6.45, 7) is 2.00. The number of rotatable bonds is 4. The second-order valence-electron chi connectivity index (χ2n) is 3.88. The maximum absolute atomic E-state index is 11.7. The third-order valence-electron chi connectivity index (χ3n) is 2.59. The Kier molecular flexibility index (Phi) is 3.27. The lowest BCUT2D eigenvalue weighted by Gasteiger charge is -2.05. The van der Waals surface area contributed by atoms with Crippen LogP contribution in [0.25, 0.3) is 5.69 Å². The van der Waals surface area contributed by atoms with Crippen molar-refractivity contribution in [1.82, 2.24) is 14.8 Å². The summed E-state index contributed by atoms with van der Waals surface area (Å²) in [7, 11) is 0. The van der Waals surface area contributed by atoms with E-state index in [-0.39, 0.29) is 11.3 Å². The largest absolute Gasteiger partial charge is 0.478 e. The van der Waals surface area contributed by atoms with Gasteiger partial charge in [-0.3, -0.25) is 0 Å². The standard InChI is InChI=1S/C12H13N3O3/c1-2-3-10-13-14-12(18)15(10)9-6-4-8(5-7-9)11(16)17/h4-7H,2-3H2,1H3,(H,14,18)(H,16,17). The van der Waals surface area contributed by atoms with Gasteiger partial charge in [-0.25, -0.2) is 19.3 Å². The molecule has 2 rings (SSSR count). The molecule has 0 amide bonds. The Hall–Kier alpha value is -2.37. The fourth-order valence-corrected chi connectivity index (χ4v) is 1.74. The lowest BCUT2D eigenvalue weighted by Crippen LogP contribution is -2.17. The van der Waals surface area contributed by atoms with Crippen molar-refractivity contribution in [3.63, 3.8) is 0 Å².